The molecular formula is C13H26N4O2. The maximum atomic E-state index is 12.7. The number of likely N-dealkylation sites (N-methyl/N-ethyl adjacent to an activating group) is 1. The van der Waals surface area contributed by atoms with Crippen molar-refractivity contribution in [1.29, 1.82) is 0 Å². The summed E-state index contributed by atoms with van der Waals surface area (Å²) in [6, 6.07) is 0.222. The number of nitrogens with two attached hydrogens (primary N) is 1. The Morgan fingerprint density at radius 2 is 2.21 bits per heavy atom. The SMILES string of the molecule is CCC(C)(C(=O)N1CCCC1CN(C)C)C(N)=NO. The number of oxime groups is 1. The number of hydrogen-bond acceptors (Lipinski definition) is 4. The summed E-state index contributed by atoms with van der Waals surface area (Å²) in [5.74, 6) is -0.0369. The van der Waals surface area contributed by atoms with Gasteiger partial charge in [0.25, 0.3) is 0 Å². The van der Waals surface area contributed by atoms with Gasteiger partial charge in [-0.05, 0) is 40.3 Å². The molecule has 0 saturated carbocycles. The smallest absolute Gasteiger partial charge is 0.236 e. The molecule has 1 rings (SSSR count). The first-order chi connectivity index (χ1) is 8.86. The van der Waals surface area contributed by atoms with Crippen molar-refractivity contribution in [2.24, 2.45) is 16.3 Å². The van der Waals surface area contributed by atoms with Gasteiger partial charge in [-0.2, -0.15) is 0 Å². The molecule has 6 nitrogen and oxygen atoms in total. The van der Waals surface area contributed by atoms with E-state index in [-0.39, 0.29) is 17.8 Å². The van der Waals surface area contributed by atoms with Crippen molar-refractivity contribution in [3.05, 3.63) is 0 Å². The number of amidine groups is 1. The van der Waals surface area contributed by atoms with Crippen molar-refractivity contribution in [3.8, 4) is 0 Å². The Balaban J connectivity index is 2.91. The van der Waals surface area contributed by atoms with E-state index in [9.17, 15) is 4.79 Å². The molecule has 1 aliphatic heterocycles. The van der Waals surface area contributed by atoms with Gasteiger partial charge >= 0.3 is 0 Å². The third-order valence-corrected chi connectivity index (χ3v) is 4.07. The minimum absolute atomic E-state index is 0.00416. The fourth-order valence-corrected chi connectivity index (χ4v) is 2.58. The molecule has 0 aromatic heterocycles. The molecule has 1 fully saturated rings. The van der Waals surface area contributed by atoms with Crippen LogP contribution in [-0.4, -0.2) is 60.0 Å². The van der Waals surface area contributed by atoms with Gasteiger partial charge in [0, 0.05) is 19.1 Å². The van der Waals surface area contributed by atoms with Crippen molar-refractivity contribution in [2.45, 2.75) is 39.2 Å². The van der Waals surface area contributed by atoms with Crippen molar-refractivity contribution in [3.63, 3.8) is 0 Å². The summed E-state index contributed by atoms with van der Waals surface area (Å²) in [7, 11) is 4.01. The van der Waals surface area contributed by atoms with E-state index in [0.717, 1.165) is 25.9 Å². The van der Waals surface area contributed by atoms with Crippen LogP contribution in [0, 0.1) is 5.41 Å². The van der Waals surface area contributed by atoms with Gasteiger partial charge in [-0.15, -0.1) is 0 Å². The van der Waals surface area contributed by atoms with Gasteiger partial charge in [-0.3, -0.25) is 4.79 Å². The van der Waals surface area contributed by atoms with Gasteiger partial charge in [-0.1, -0.05) is 12.1 Å². The number of hydrogen-bond donors (Lipinski definition) is 2. The topological polar surface area (TPSA) is 82.2 Å². The van der Waals surface area contributed by atoms with Crippen LogP contribution in [0.25, 0.3) is 0 Å². The van der Waals surface area contributed by atoms with Crippen LogP contribution >= 0.6 is 0 Å². The second-order valence-electron chi connectivity index (χ2n) is 5.73. The van der Waals surface area contributed by atoms with E-state index in [1.807, 2.05) is 25.9 Å². The standard InChI is InChI=1S/C13H26N4O2/c1-5-13(2,11(14)15-19)12(18)17-8-6-7-10(17)9-16(3)4/h10,19H,5-9H2,1-4H3,(H2,14,15). The van der Waals surface area contributed by atoms with E-state index >= 15 is 0 Å². The number of likely N-dealkylation sites (tertiary alicyclic amines) is 1. The van der Waals surface area contributed by atoms with E-state index in [0.29, 0.717) is 6.42 Å². The molecule has 1 amide bonds. The van der Waals surface area contributed by atoms with Crippen LogP contribution in [0.15, 0.2) is 5.16 Å². The number of amides is 1. The second-order valence-corrected chi connectivity index (χ2v) is 5.73. The maximum Gasteiger partial charge on any atom is 0.236 e. The predicted octanol–water partition coefficient (Wildman–Crippen LogP) is 0.702. The lowest BCUT2D eigenvalue weighted by Crippen LogP contribution is -2.52. The minimum atomic E-state index is -0.913. The summed E-state index contributed by atoms with van der Waals surface area (Å²) in [5.41, 5.74) is 4.81. The molecule has 0 aliphatic carbocycles. The molecule has 3 N–H and O–H groups in total. The van der Waals surface area contributed by atoms with Crippen LogP contribution in [0.5, 0.6) is 0 Å². The lowest BCUT2D eigenvalue weighted by molar-refractivity contribution is -0.139. The highest BCUT2D eigenvalue weighted by molar-refractivity contribution is 6.06. The van der Waals surface area contributed by atoms with Crippen molar-refractivity contribution in [2.75, 3.05) is 27.2 Å². The molecule has 110 valence electrons. The van der Waals surface area contributed by atoms with Crippen molar-refractivity contribution in [1.82, 2.24) is 9.80 Å². The van der Waals surface area contributed by atoms with E-state index in [4.69, 9.17) is 10.9 Å². The second kappa shape index (κ2) is 6.23. The van der Waals surface area contributed by atoms with Crippen LogP contribution < -0.4 is 5.73 Å². The average molecular weight is 270 g/mol. The molecule has 2 unspecified atom stereocenters. The van der Waals surface area contributed by atoms with Gasteiger partial charge in [-0.25, -0.2) is 0 Å². The Morgan fingerprint density at radius 3 is 2.68 bits per heavy atom. The monoisotopic (exact) mass is 270 g/mol. The van der Waals surface area contributed by atoms with Crippen molar-refractivity contribution >= 4 is 11.7 Å². The van der Waals surface area contributed by atoms with Gasteiger partial charge in [0.1, 0.15) is 5.41 Å². The lowest BCUT2D eigenvalue weighted by atomic mass is 9.84. The Kier molecular flexibility index (Phi) is 5.17. The summed E-state index contributed by atoms with van der Waals surface area (Å²) in [4.78, 5) is 16.7. The highest BCUT2D eigenvalue weighted by atomic mass is 16.4. The van der Waals surface area contributed by atoms with Gasteiger partial charge in [0.2, 0.25) is 5.91 Å². The Hall–Kier alpha value is -1.30. The molecule has 0 bridgehead atoms. The minimum Gasteiger partial charge on any atom is -0.409 e. The fourth-order valence-electron chi connectivity index (χ4n) is 2.58. The molecule has 19 heavy (non-hydrogen) atoms. The highest BCUT2D eigenvalue weighted by Crippen LogP contribution is 2.29. The molecule has 1 saturated heterocycles. The summed E-state index contributed by atoms with van der Waals surface area (Å²) < 4.78 is 0. The molecule has 0 radical (unpaired) electrons. The zero-order chi connectivity index (χ0) is 14.6. The molecule has 2 atom stereocenters. The maximum absolute atomic E-state index is 12.7. The first kappa shape index (κ1) is 15.8. The van der Waals surface area contributed by atoms with E-state index in [1.165, 1.54) is 0 Å². The first-order valence-electron chi connectivity index (χ1n) is 6.80. The average Bonchev–Trinajstić information content (AvgIpc) is 2.82. The number of nitrogens with zero attached hydrogens (tertiary/aromatic N) is 3. The van der Waals surface area contributed by atoms with Gasteiger partial charge in [0.05, 0.1) is 0 Å². The third-order valence-electron chi connectivity index (χ3n) is 4.07. The van der Waals surface area contributed by atoms with Crippen molar-refractivity contribution < 1.29 is 10.0 Å². The zero-order valence-corrected chi connectivity index (χ0v) is 12.4. The molecule has 1 heterocycles. The first-order valence-corrected chi connectivity index (χ1v) is 6.80. The van der Waals surface area contributed by atoms with E-state index in [2.05, 4.69) is 10.1 Å². The molecular weight excluding hydrogens is 244 g/mol. The largest absolute Gasteiger partial charge is 0.409 e. The third kappa shape index (κ3) is 3.18. The van der Waals surface area contributed by atoms with Crippen LogP contribution in [0.4, 0.5) is 0 Å². The van der Waals surface area contributed by atoms with Crippen LogP contribution in [0.2, 0.25) is 0 Å². The fraction of sp³-hybridized carbons (Fsp3) is 0.846. The van der Waals surface area contributed by atoms with Crippen LogP contribution in [0.1, 0.15) is 33.1 Å². The Labute approximate surface area is 115 Å². The Morgan fingerprint density at radius 1 is 1.58 bits per heavy atom. The van der Waals surface area contributed by atoms with E-state index in [1.54, 1.807) is 6.92 Å². The molecule has 6 heteroatoms. The molecule has 0 aromatic carbocycles. The lowest BCUT2D eigenvalue weighted by Gasteiger charge is -2.35. The summed E-state index contributed by atoms with van der Waals surface area (Å²) in [6.07, 6.45) is 2.55. The number of rotatable bonds is 5. The number of carbonyl (C=O) groups excluding carboxylic acids is 1. The predicted molar refractivity (Wildman–Crippen MR) is 75.1 cm³/mol. The molecule has 0 aromatic rings. The highest BCUT2D eigenvalue weighted by Gasteiger charge is 2.42. The molecule has 1 aliphatic rings. The quantitative estimate of drug-likeness (QED) is 0.333. The Bertz CT molecular complexity index is 357. The zero-order valence-electron chi connectivity index (χ0n) is 12.4. The van der Waals surface area contributed by atoms with E-state index < -0.39 is 5.41 Å². The summed E-state index contributed by atoms with van der Waals surface area (Å²) in [6.45, 7) is 5.23. The molecule has 0 spiro atoms. The number of carbonyl (C=O) groups is 1. The van der Waals surface area contributed by atoms with Crippen LogP contribution in [-0.2, 0) is 4.79 Å². The summed E-state index contributed by atoms with van der Waals surface area (Å²) in [5, 5.41) is 11.9. The normalized spacial score (nSPS) is 23.7. The van der Waals surface area contributed by atoms with Gasteiger partial charge in [0.15, 0.2) is 5.84 Å². The van der Waals surface area contributed by atoms with Crippen LogP contribution in [0.3, 0.4) is 0 Å². The van der Waals surface area contributed by atoms with Gasteiger partial charge < -0.3 is 20.7 Å². The summed E-state index contributed by atoms with van der Waals surface area (Å²) >= 11 is 0.